The lowest BCUT2D eigenvalue weighted by atomic mass is 10.0. The molecule has 0 heterocycles. The molecule has 1 rings (SSSR count). The Kier molecular flexibility index (Phi) is 4.00. The summed E-state index contributed by atoms with van der Waals surface area (Å²) in [5.41, 5.74) is 3.36. The fourth-order valence-corrected chi connectivity index (χ4v) is 1.66. The molecule has 0 spiro atoms. The van der Waals surface area contributed by atoms with Crippen molar-refractivity contribution in [3.05, 3.63) is 33.8 Å². The number of benzene rings is 1. The average Bonchev–Trinajstić information content (AvgIpc) is 2.09. The Morgan fingerprint density at radius 2 is 1.86 bits per heavy atom. The summed E-state index contributed by atoms with van der Waals surface area (Å²) in [6.45, 7) is 4.77. The summed E-state index contributed by atoms with van der Waals surface area (Å²) in [6.07, 6.45) is 0. The third kappa shape index (κ3) is 2.77. The van der Waals surface area contributed by atoms with Crippen LogP contribution in [0, 0.1) is 25.7 Å². The first-order valence-electron chi connectivity index (χ1n) is 4.55. The quantitative estimate of drug-likeness (QED) is 0.698. The molecule has 0 amide bonds. The molecular weight excluding hydrogens is 194 g/mol. The molecule has 0 saturated carbocycles. The van der Waals surface area contributed by atoms with E-state index in [4.69, 9.17) is 11.6 Å². The summed E-state index contributed by atoms with van der Waals surface area (Å²) in [4.78, 5) is 0. The van der Waals surface area contributed by atoms with Crippen LogP contribution >= 0.6 is 11.6 Å². The highest BCUT2D eigenvalue weighted by atomic mass is 35.5. The third-order valence-electron chi connectivity index (χ3n) is 1.98. The summed E-state index contributed by atoms with van der Waals surface area (Å²) in [5, 5.41) is 3.77. The van der Waals surface area contributed by atoms with Gasteiger partial charge < -0.3 is 5.32 Å². The van der Waals surface area contributed by atoms with Crippen molar-refractivity contribution < 1.29 is 0 Å². The van der Waals surface area contributed by atoms with Crippen LogP contribution in [-0.4, -0.2) is 13.6 Å². The minimum Gasteiger partial charge on any atom is -0.309 e. The van der Waals surface area contributed by atoms with Crippen LogP contribution in [-0.2, 0) is 0 Å². The Bertz CT molecular complexity index is 362. The van der Waals surface area contributed by atoms with Gasteiger partial charge in [-0.25, -0.2) is 0 Å². The molecule has 1 aromatic rings. The van der Waals surface area contributed by atoms with Crippen LogP contribution in [0.2, 0.25) is 5.02 Å². The van der Waals surface area contributed by atoms with Crippen LogP contribution in [0.5, 0.6) is 0 Å². The van der Waals surface area contributed by atoms with Crippen molar-refractivity contribution in [2.45, 2.75) is 13.8 Å². The number of halogens is 1. The second-order valence-electron chi connectivity index (χ2n) is 3.25. The first-order valence-corrected chi connectivity index (χ1v) is 4.93. The van der Waals surface area contributed by atoms with Crippen LogP contribution in [0.1, 0.15) is 16.7 Å². The molecular formula is C12H14ClN. The van der Waals surface area contributed by atoms with E-state index in [9.17, 15) is 0 Å². The predicted octanol–water partition coefficient (Wildman–Crippen LogP) is 2.53. The van der Waals surface area contributed by atoms with E-state index in [0.29, 0.717) is 6.54 Å². The van der Waals surface area contributed by atoms with Gasteiger partial charge >= 0.3 is 0 Å². The van der Waals surface area contributed by atoms with Crippen LogP contribution < -0.4 is 5.32 Å². The van der Waals surface area contributed by atoms with Gasteiger partial charge in [0.1, 0.15) is 0 Å². The van der Waals surface area contributed by atoms with E-state index in [-0.39, 0.29) is 0 Å². The first kappa shape index (κ1) is 11.1. The zero-order valence-corrected chi connectivity index (χ0v) is 9.50. The summed E-state index contributed by atoms with van der Waals surface area (Å²) in [7, 11) is 1.89. The number of hydrogen-bond acceptors (Lipinski definition) is 1. The number of nitrogens with one attached hydrogen (secondary N) is 1. The molecule has 74 valence electrons. The second-order valence-corrected chi connectivity index (χ2v) is 3.68. The van der Waals surface area contributed by atoms with Crippen molar-refractivity contribution in [1.29, 1.82) is 0 Å². The Balaban J connectivity index is 3.04. The Hall–Kier alpha value is -0.970. The van der Waals surface area contributed by atoms with E-state index in [0.717, 1.165) is 21.7 Å². The highest BCUT2D eigenvalue weighted by Gasteiger charge is 2.00. The predicted molar refractivity (Wildman–Crippen MR) is 61.7 cm³/mol. The van der Waals surface area contributed by atoms with E-state index in [1.54, 1.807) is 0 Å². The fourth-order valence-electron chi connectivity index (χ4n) is 1.33. The molecule has 0 radical (unpaired) electrons. The van der Waals surface area contributed by atoms with Crippen molar-refractivity contribution in [3.63, 3.8) is 0 Å². The molecule has 0 unspecified atom stereocenters. The van der Waals surface area contributed by atoms with Gasteiger partial charge in [-0.15, -0.1) is 0 Å². The Morgan fingerprint density at radius 3 is 2.36 bits per heavy atom. The molecule has 0 bridgehead atoms. The van der Waals surface area contributed by atoms with Crippen LogP contribution in [0.3, 0.4) is 0 Å². The molecule has 1 aromatic carbocycles. The van der Waals surface area contributed by atoms with Gasteiger partial charge in [0.15, 0.2) is 0 Å². The zero-order valence-electron chi connectivity index (χ0n) is 8.74. The molecule has 0 atom stereocenters. The molecule has 0 aliphatic carbocycles. The van der Waals surface area contributed by atoms with E-state index < -0.39 is 0 Å². The van der Waals surface area contributed by atoms with Crippen molar-refractivity contribution in [2.75, 3.05) is 13.6 Å². The maximum Gasteiger partial charge on any atom is 0.0577 e. The molecule has 14 heavy (non-hydrogen) atoms. The van der Waals surface area contributed by atoms with Gasteiger partial charge in [-0.1, -0.05) is 23.4 Å². The summed E-state index contributed by atoms with van der Waals surface area (Å²) in [5.74, 6) is 6.19. The molecule has 0 fully saturated rings. The summed E-state index contributed by atoms with van der Waals surface area (Å²) < 4.78 is 0. The smallest absolute Gasteiger partial charge is 0.0577 e. The van der Waals surface area contributed by atoms with Crippen molar-refractivity contribution in [3.8, 4) is 11.8 Å². The van der Waals surface area contributed by atoms with Gasteiger partial charge in [0.05, 0.1) is 6.54 Å². The fraction of sp³-hybridized carbons (Fsp3) is 0.333. The number of hydrogen-bond donors (Lipinski definition) is 1. The molecule has 0 aromatic heterocycles. The highest BCUT2D eigenvalue weighted by Crippen LogP contribution is 2.18. The van der Waals surface area contributed by atoms with Crippen LogP contribution in [0.15, 0.2) is 12.1 Å². The van der Waals surface area contributed by atoms with Crippen molar-refractivity contribution in [2.24, 2.45) is 0 Å². The molecule has 1 nitrogen and oxygen atoms in total. The van der Waals surface area contributed by atoms with Crippen LogP contribution in [0.4, 0.5) is 0 Å². The normalized spacial score (nSPS) is 9.43. The first-order chi connectivity index (χ1) is 6.65. The largest absolute Gasteiger partial charge is 0.309 e. The maximum atomic E-state index is 5.92. The minimum atomic E-state index is 0.710. The number of rotatable bonds is 1. The van der Waals surface area contributed by atoms with E-state index in [1.807, 2.05) is 33.0 Å². The Morgan fingerprint density at radius 1 is 1.29 bits per heavy atom. The second kappa shape index (κ2) is 5.05. The highest BCUT2D eigenvalue weighted by molar-refractivity contribution is 6.30. The average molecular weight is 208 g/mol. The van der Waals surface area contributed by atoms with Gasteiger partial charge in [-0.05, 0) is 44.2 Å². The zero-order chi connectivity index (χ0) is 10.6. The van der Waals surface area contributed by atoms with E-state index in [2.05, 4.69) is 17.2 Å². The van der Waals surface area contributed by atoms with Crippen molar-refractivity contribution in [1.82, 2.24) is 5.32 Å². The third-order valence-corrected chi connectivity index (χ3v) is 2.19. The molecule has 0 saturated heterocycles. The van der Waals surface area contributed by atoms with Gasteiger partial charge in [0.25, 0.3) is 0 Å². The van der Waals surface area contributed by atoms with Gasteiger partial charge in [0.2, 0.25) is 0 Å². The van der Waals surface area contributed by atoms with Crippen LogP contribution in [0.25, 0.3) is 0 Å². The molecule has 2 heteroatoms. The lowest BCUT2D eigenvalue weighted by Crippen LogP contribution is -2.04. The van der Waals surface area contributed by atoms with E-state index >= 15 is 0 Å². The SMILES string of the molecule is CNCC#Cc1c(C)cc(Cl)cc1C. The standard InChI is InChI=1S/C12H14ClN/c1-9-7-11(13)8-10(2)12(9)5-4-6-14-3/h7-8,14H,6H2,1-3H3. The monoisotopic (exact) mass is 207 g/mol. The maximum absolute atomic E-state index is 5.92. The van der Waals surface area contributed by atoms with E-state index in [1.165, 1.54) is 0 Å². The lowest BCUT2D eigenvalue weighted by molar-refractivity contribution is 0.938. The number of aryl methyl sites for hydroxylation is 2. The van der Waals surface area contributed by atoms with Gasteiger partial charge in [0, 0.05) is 10.6 Å². The molecule has 0 aliphatic rings. The molecule has 1 N–H and O–H groups in total. The topological polar surface area (TPSA) is 12.0 Å². The molecule has 0 aliphatic heterocycles. The summed E-state index contributed by atoms with van der Waals surface area (Å²) >= 11 is 5.92. The van der Waals surface area contributed by atoms with Gasteiger partial charge in [-0.2, -0.15) is 0 Å². The lowest BCUT2D eigenvalue weighted by Gasteiger charge is -2.03. The van der Waals surface area contributed by atoms with Gasteiger partial charge in [-0.3, -0.25) is 0 Å². The van der Waals surface area contributed by atoms with Crippen molar-refractivity contribution >= 4 is 11.6 Å². The Labute approximate surface area is 90.5 Å². The minimum absolute atomic E-state index is 0.710. The summed E-state index contributed by atoms with van der Waals surface area (Å²) in [6, 6.07) is 3.88.